The number of aromatic nitrogens is 2. The highest BCUT2D eigenvalue weighted by Gasteiger charge is 2.30. The molecule has 1 N–H and O–H groups in total. The van der Waals surface area contributed by atoms with Crippen molar-refractivity contribution in [2.75, 3.05) is 0 Å². The van der Waals surface area contributed by atoms with Gasteiger partial charge in [0.25, 0.3) is 5.56 Å². The largest absolute Gasteiger partial charge is 0.481 e. The van der Waals surface area contributed by atoms with E-state index in [0.717, 1.165) is 10.4 Å². The third-order valence-electron chi connectivity index (χ3n) is 4.16. The summed E-state index contributed by atoms with van der Waals surface area (Å²) in [5, 5.41) is 14.0. The van der Waals surface area contributed by atoms with Crippen molar-refractivity contribution in [3.8, 4) is 10.4 Å². The van der Waals surface area contributed by atoms with Crippen molar-refractivity contribution >= 4 is 38.9 Å². The van der Waals surface area contributed by atoms with E-state index in [9.17, 15) is 14.7 Å². The second-order valence-electron chi connectivity index (χ2n) is 7.01. The lowest BCUT2D eigenvalue weighted by molar-refractivity contribution is -0.147. The van der Waals surface area contributed by atoms with Crippen molar-refractivity contribution in [2.24, 2.45) is 5.41 Å². The topological polar surface area (TPSA) is 72.2 Å². The number of rotatable bonds is 5. The fraction of sp³-hybridized carbons (Fsp3) is 0.389. The summed E-state index contributed by atoms with van der Waals surface area (Å²) in [5.41, 5.74) is -0.334. The Bertz CT molecular complexity index is 982. The van der Waals surface area contributed by atoms with Gasteiger partial charge in [0.1, 0.15) is 10.7 Å². The summed E-state index contributed by atoms with van der Waals surface area (Å²) in [5.74, 6) is -0.279. The van der Waals surface area contributed by atoms with Gasteiger partial charge in [-0.15, -0.1) is 22.7 Å². The first-order valence-corrected chi connectivity index (χ1v) is 9.77. The third-order valence-corrected chi connectivity index (χ3v) is 5.93. The quantitative estimate of drug-likeness (QED) is 0.715. The fourth-order valence-electron chi connectivity index (χ4n) is 2.71. The predicted molar refractivity (Wildman–Crippen MR) is 103 cm³/mol. The summed E-state index contributed by atoms with van der Waals surface area (Å²) in [7, 11) is 0. The molecule has 0 aliphatic rings. The van der Waals surface area contributed by atoms with Gasteiger partial charge in [0.2, 0.25) is 0 Å². The number of carbonyl (C=O) groups is 1. The van der Waals surface area contributed by atoms with E-state index in [4.69, 9.17) is 4.98 Å². The number of nitrogens with zero attached hydrogens (tertiary/aromatic N) is 2. The van der Waals surface area contributed by atoms with Gasteiger partial charge in [-0.25, -0.2) is 4.98 Å². The number of carboxylic acid groups (broad SMARTS) is 1. The SMILES string of the molecule is CC(C)c1nc2scc(-c3cccs3)c2c(=O)n1CC(C)(C)C(=O)O. The Hall–Kier alpha value is -1.99. The Labute approximate surface area is 153 Å². The molecule has 0 radical (unpaired) electrons. The maximum atomic E-state index is 13.3. The summed E-state index contributed by atoms with van der Waals surface area (Å²) in [6.07, 6.45) is 0. The number of fused-ring (bicyclic) bond motifs is 1. The van der Waals surface area contributed by atoms with Crippen LogP contribution >= 0.6 is 22.7 Å². The molecule has 0 fully saturated rings. The number of aliphatic carboxylic acids is 1. The van der Waals surface area contributed by atoms with Crippen molar-refractivity contribution < 1.29 is 9.90 Å². The van der Waals surface area contributed by atoms with E-state index in [-0.39, 0.29) is 18.0 Å². The van der Waals surface area contributed by atoms with Gasteiger partial charge in [-0.1, -0.05) is 19.9 Å². The van der Waals surface area contributed by atoms with Gasteiger partial charge in [-0.3, -0.25) is 14.2 Å². The lowest BCUT2D eigenvalue weighted by Crippen LogP contribution is -2.36. The fourth-order valence-corrected chi connectivity index (χ4v) is 4.47. The zero-order valence-electron chi connectivity index (χ0n) is 14.6. The number of carboxylic acids is 1. The molecular weight excluding hydrogens is 356 g/mol. The minimum atomic E-state index is -1.05. The Morgan fingerprint density at radius 1 is 1.36 bits per heavy atom. The molecule has 0 saturated carbocycles. The smallest absolute Gasteiger partial charge is 0.310 e. The van der Waals surface area contributed by atoms with E-state index >= 15 is 0 Å². The van der Waals surface area contributed by atoms with Crippen LogP contribution in [0.15, 0.2) is 27.7 Å². The van der Waals surface area contributed by atoms with Crippen LogP contribution in [0.1, 0.15) is 39.4 Å². The van der Waals surface area contributed by atoms with E-state index in [2.05, 4.69) is 0 Å². The second-order valence-corrected chi connectivity index (χ2v) is 8.82. The lowest BCUT2D eigenvalue weighted by Gasteiger charge is -2.23. The molecule has 3 rings (SSSR count). The van der Waals surface area contributed by atoms with Gasteiger partial charge < -0.3 is 5.11 Å². The molecule has 3 aromatic heterocycles. The molecule has 25 heavy (non-hydrogen) atoms. The van der Waals surface area contributed by atoms with Crippen LogP contribution in [0.3, 0.4) is 0 Å². The molecule has 0 aromatic carbocycles. The predicted octanol–water partition coefficient (Wildman–Crippen LogP) is 4.42. The summed E-state index contributed by atoms with van der Waals surface area (Å²) in [4.78, 5) is 31.3. The summed E-state index contributed by atoms with van der Waals surface area (Å²) < 4.78 is 1.55. The van der Waals surface area contributed by atoms with Gasteiger partial charge in [0, 0.05) is 28.3 Å². The molecule has 0 bridgehead atoms. The maximum Gasteiger partial charge on any atom is 0.310 e. The molecule has 3 heterocycles. The molecule has 132 valence electrons. The summed E-state index contributed by atoms with van der Waals surface area (Å²) >= 11 is 3.03. The molecular formula is C18H20N2O3S2. The van der Waals surface area contributed by atoms with Gasteiger partial charge in [-0.2, -0.15) is 0 Å². The molecule has 0 aliphatic carbocycles. The molecule has 0 aliphatic heterocycles. The van der Waals surface area contributed by atoms with E-state index < -0.39 is 11.4 Å². The molecule has 5 nitrogen and oxygen atoms in total. The van der Waals surface area contributed by atoms with E-state index in [0.29, 0.717) is 16.0 Å². The van der Waals surface area contributed by atoms with Crippen molar-refractivity contribution in [3.63, 3.8) is 0 Å². The average molecular weight is 377 g/mol. The Balaban J connectivity index is 2.28. The minimum Gasteiger partial charge on any atom is -0.481 e. The minimum absolute atomic E-state index is 0.0222. The zero-order chi connectivity index (χ0) is 18.4. The van der Waals surface area contributed by atoms with Crippen LogP contribution in [-0.2, 0) is 11.3 Å². The Kier molecular flexibility index (Phi) is 4.55. The van der Waals surface area contributed by atoms with Gasteiger partial charge in [0.05, 0.1) is 10.8 Å². The highest BCUT2D eigenvalue weighted by Crippen LogP contribution is 2.34. The van der Waals surface area contributed by atoms with Crippen molar-refractivity contribution in [1.29, 1.82) is 0 Å². The van der Waals surface area contributed by atoms with Crippen LogP contribution in [0, 0.1) is 5.41 Å². The molecule has 0 amide bonds. The van der Waals surface area contributed by atoms with Gasteiger partial charge >= 0.3 is 5.97 Å². The summed E-state index contributed by atoms with van der Waals surface area (Å²) in [6.45, 7) is 7.28. The van der Waals surface area contributed by atoms with Crippen LogP contribution in [-0.4, -0.2) is 20.6 Å². The molecule has 0 atom stereocenters. The first-order chi connectivity index (χ1) is 11.7. The number of hydrogen-bond donors (Lipinski definition) is 1. The molecule has 7 heteroatoms. The standard InChI is InChI=1S/C18H20N2O3S2/c1-10(2)14-19-15-13(11(8-25-15)12-6-5-7-24-12)16(21)20(14)9-18(3,4)17(22)23/h5-8,10H,9H2,1-4H3,(H,22,23). The first kappa shape index (κ1) is 17.8. The van der Waals surface area contributed by atoms with Crippen LogP contribution in [0.5, 0.6) is 0 Å². The zero-order valence-corrected chi connectivity index (χ0v) is 16.2. The third kappa shape index (κ3) is 3.14. The maximum absolute atomic E-state index is 13.3. The lowest BCUT2D eigenvalue weighted by atomic mass is 9.93. The molecule has 3 aromatic rings. The normalized spacial score (nSPS) is 12.2. The number of thiophene rings is 2. The highest BCUT2D eigenvalue weighted by molar-refractivity contribution is 7.18. The summed E-state index contributed by atoms with van der Waals surface area (Å²) in [6, 6.07) is 3.93. The van der Waals surface area contributed by atoms with Crippen LogP contribution in [0.2, 0.25) is 0 Å². The molecule has 0 unspecified atom stereocenters. The Morgan fingerprint density at radius 2 is 2.08 bits per heavy atom. The van der Waals surface area contributed by atoms with Crippen LogP contribution in [0.4, 0.5) is 0 Å². The van der Waals surface area contributed by atoms with Crippen LogP contribution < -0.4 is 5.56 Å². The first-order valence-electron chi connectivity index (χ1n) is 8.01. The average Bonchev–Trinajstić information content (AvgIpc) is 3.17. The highest BCUT2D eigenvalue weighted by atomic mass is 32.1. The van der Waals surface area contributed by atoms with Gasteiger partial charge in [-0.05, 0) is 25.3 Å². The van der Waals surface area contributed by atoms with Crippen molar-refractivity contribution in [3.05, 3.63) is 39.1 Å². The molecule has 0 spiro atoms. The van der Waals surface area contributed by atoms with Crippen molar-refractivity contribution in [1.82, 2.24) is 9.55 Å². The van der Waals surface area contributed by atoms with E-state index in [1.807, 2.05) is 36.7 Å². The monoisotopic (exact) mass is 376 g/mol. The number of hydrogen-bond acceptors (Lipinski definition) is 5. The Morgan fingerprint density at radius 3 is 2.64 bits per heavy atom. The van der Waals surface area contributed by atoms with E-state index in [1.54, 1.807) is 29.8 Å². The van der Waals surface area contributed by atoms with E-state index in [1.165, 1.54) is 11.3 Å². The molecule has 0 saturated heterocycles. The van der Waals surface area contributed by atoms with Gasteiger partial charge in [0.15, 0.2) is 0 Å². The van der Waals surface area contributed by atoms with Crippen LogP contribution in [0.25, 0.3) is 20.7 Å². The van der Waals surface area contributed by atoms with Crippen molar-refractivity contribution in [2.45, 2.75) is 40.2 Å². The second kappa shape index (κ2) is 6.38.